The second-order valence-corrected chi connectivity index (χ2v) is 8.05. The van der Waals surface area contributed by atoms with E-state index in [1.807, 2.05) is 12.1 Å². The fraction of sp³-hybridized carbons (Fsp3) is 0.619. The Kier molecular flexibility index (Phi) is 7.09. The maximum absolute atomic E-state index is 12.6. The van der Waals surface area contributed by atoms with Crippen molar-refractivity contribution in [3.63, 3.8) is 0 Å². The van der Waals surface area contributed by atoms with Gasteiger partial charge >= 0.3 is 0 Å². The van der Waals surface area contributed by atoms with E-state index in [2.05, 4.69) is 10.2 Å². The first-order chi connectivity index (χ1) is 12.6. The number of amides is 1. The number of hydrogen-bond donors (Lipinski definition) is 1. The number of Topliss-reactive ketones (excluding diaryl/α,β-unsaturated/α-hetero) is 1. The third-order valence-electron chi connectivity index (χ3n) is 5.79. The number of ketones is 1. The Morgan fingerprint density at radius 3 is 2.27 bits per heavy atom. The lowest BCUT2D eigenvalue weighted by molar-refractivity contribution is -0.125. The monoisotopic (exact) mass is 376 g/mol. The van der Waals surface area contributed by atoms with Crippen molar-refractivity contribution in [2.24, 2.45) is 11.8 Å². The number of nitrogens with zero attached hydrogens (tertiary/aromatic N) is 1. The van der Waals surface area contributed by atoms with E-state index < -0.39 is 0 Å². The predicted octanol–water partition coefficient (Wildman–Crippen LogP) is 3.93. The summed E-state index contributed by atoms with van der Waals surface area (Å²) in [6, 6.07) is 7.19. The molecule has 26 heavy (non-hydrogen) atoms. The molecule has 0 radical (unpaired) electrons. The first kappa shape index (κ1) is 19.4. The lowest BCUT2D eigenvalue weighted by atomic mass is 9.88. The van der Waals surface area contributed by atoms with Gasteiger partial charge in [-0.05, 0) is 63.0 Å². The topological polar surface area (TPSA) is 49.4 Å². The van der Waals surface area contributed by atoms with Crippen LogP contribution in [0.5, 0.6) is 0 Å². The van der Waals surface area contributed by atoms with Crippen molar-refractivity contribution in [3.05, 3.63) is 34.9 Å². The fourth-order valence-corrected chi connectivity index (χ4v) is 4.24. The van der Waals surface area contributed by atoms with Crippen LogP contribution in [0.25, 0.3) is 0 Å². The van der Waals surface area contributed by atoms with Crippen molar-refractivity contribution in [2.45, 2.75) is 44.9 Å². The van der Waals surface area contributed by atoms with E-state index in [4.69, 9.17) is 11.6 Å². The number of likely N-dealkylation sites (tertiary alicyclic amines) is 1. The minimum Gasteiger partial charge on any atom is -0.355 e. The van der Waals surface area contributed by atoms with Gasteiger partial charge in [0.25, 0.3) is 0 Å². The largest absolute Gasteiger partial charge is 0.355 e. The van der Waals surface area contributed by atoms with Gasteiger partial charge in [-0.2, -0.15) is 0 Å². The number of halogens is 1. The highest BCUT2D eigenvalue weighted by atomic mass is 35.5. The number of carbonyl (C=O) groups excluding carboxylic acids is 2. The minimum absolute atomic E-state index is 0.101. The van der Waals surface area contributed by atoms with Crippen LogP contribution in [-0.4, -0.2) is 42.8 Å². The van der Waals surface area contributed by atoms with Gasteiger partial charge in [0.15, 0.2) is 5.78 Å². The molecule has 2 fully saturated rings. The molecule has 1 saturated carbocycles. The van der Waals surface area contributed by atoms with Crippen LogP contribution < -0.4 is 5.32 Å². The molecule has 1 aromatic rings. The van der Waals surface area contributed by atoms with E-state index in [0.29, 0.717) is 11.6 Å². The Labute approximate surface area is 161 Å². The van der Waals surface area contributed by atoms with E-state index in [-0.39, 0.29) is 23.5 Å². The molecule has 1 saturated heterocycles. The van der Waals surface area contributed by atoms with Crippen LogP contribution in [-0.2, 0) is 4.79 Å². The molecular weight excluding hydrogens is 348 g/mol. The van der Waals surface area contributed by atoms with Gasteiger partial charge in [-0.25, -0.2) is 0 Å². The lowest BCUT2D eigenvalue weighted by Crippen LogP contribution is -2.42. The Hall–Kier alpha value is -1.39. The quantitative estimate of drug-likeness (QED) is 0.765. The van der Waals surface area contributed by atoms with Crippen molar-refractivity contribution in [3.8, 4) is 0 Å². The van der Waals surface area contributed by atoms with Crippen molar-refractivity contribution < 1.29 is 9.59 Å². The van der Waals surface area contributed by atoms with E-state index in [9.17, 15) is 9.59 Å². The second kappa shape index (κ2) is 9.52. The molecule has 1 heterocycles. The molecule has 142 valence electrons. The van der Waals surface area contributed by atoms with Crippen molar-refractivity contribution >= 4 is 23.3 Å². The summed E-state index contributed by atoms with van der Waals surface area (Å²) in [6.45, 7) is 3.43. The molecule has 0 aromatic heterocycles. The minimum atomic E-state index is 0.101. The highest BCUT2D eigenvalue weighted by Gasteiger charge is 2.26. The van der Waals surface area contributed by atoms with Crippen LogP contribution in [0.2, 0.25) is 5.02 Å². The van der Waals surface area contributed by atoms with Crippen molar-refractivity contribution in [1.29, 1.82) is 0 Å². The van der Waals surface area contributed by atoms with E-state index in [1.165, 1.54) is 19.3 Å². The van der Waals surface area contributed by atoms with E-state index >= 15 is 0 Å². The number of benzene rings is 1. The van der Waals surface area contributed by atoms with E-state index in [0.717, 1.165) is 50.9 Å². The number of carbonyl (C=O) groups is 2. The van der Waals surface area contributed by atoms with Gasteiger partial charge in [0.2, 0.25) is 5.91 Å². The van der Waals surface area contributed by atoms with Crippen molar-refractivity contribution in [1.82, 2.24) is 10.2 Å². The highest BCUT2D eigenvalue weighted by Crippen LogP contribution is 2.24. The molecule has 1 aliphatic heterocycles. The molecule has 0 unspecified atom stereocenters. The zero-order valence-corrected chi connectivity index (χ0v) is 16.1. The Balaban J connectivity index is 1.36. The van der Waals surface area contributed by atoms with Crippen LogP contribution in [0.15, 0.2) is 24.3 Å². The molecule has 4 nitrogen and oxygen atoms in total. The van der Waals surface area contributed by atoms with Crippen LogP contribution in [0.4, 0.5) is 0 Å². The summed E-state index contributed by atoms with van der Waals surface area (Å²) in [5.41, 5.74) is 0.757. The molecule has 1 aliphatic carbocycles. The molecule has 0 spiro atoms. The molecule has 1 aromatic carbocycles. The van der Waals surface area contributed by atoms with Crippen LogP contribution in [0.3, 0.4) is 0 Å². The van der Waals surface area contributed by atoms with Gasteiger partial charge in [-0.15, -0.1) is 0 Å². The Morgan fingerprint density at radius 2 is 1.62 bits per heavy atom. The maximum Gasteiger partial charge on any atom is 0.223 e. The molecular formula is C21H29ClN2O2. The Bertz CT molecular complexity index is 603. The second-order valence-electron chi connectivity index (χ2n) is 7.61. The predicted molar refractivity (Wildman–Crippen MR) is 105 cm³/mol. The standard InChI is InChI=1S/C21H29ClN2O2/c22-19-8-6-16(7-9-19)20(25)17-10-13-24(14-11-17)15-12-23-21(26)18-4-2-1-3-5-18/h6-9,17-18H,1-5,10-15H2,(H,23,26). The molecule has 2 aliphatic rings. The van der Waals surface area contributed by atoms with Crippen LogP contribution in [0.1, 0.15) is 55.3 Å². The third kappa shape index (κ3) is 5.31. The highest BCUT2D eigenvalue weighted by molar-refractivity contribution is 6.30. The van der Waals surface area contributed by atoms with Gasteiger partial charge in [-0.3, -0.25) is 9.59 Å². The molecule has 1 amide bonds. The van der Waals surface area contributed by atoms with Gasteiger partial charge in [-0.1, -0.05) is 30.9 Å². The van der Waals surface area contributed by atoms with E-state index in [1.54, 1.807) is 12.1 Å². The Morgan fingerprint density at radius 1 is 0.962 bits per heavy atom. The maximum atomic E-state index is 12.6. The summed E-state index contributed by atoms with van der Waals surface area (Å²) in [4.78, 5) is 27.1. The van der Waals surface area contributed by atoms with Gasteiger partial charge in [0, 0.05) is 35.5 Å². The summed E-state index contributed by atoms with van der Waals surface area (Å²) in [7, 11) is 0. The fourth-order valence-electron chi connectivity index (χ4n) is 4.11. The van der Waals surface area contributed by atoms with Crippen molar-refractivity contribution in [2.75, 3.05) is 26.2 Å². The molecule has 5 heteroatoms. The zero-order chi connectivity index (χ0) is 18.4. The summed E-state index contributed by atoms with van der Waals surface area (Å²) in [5, 5.41) is 3.76. The zero-order valence-electron chi connectivity index (χ0n) is 15.4. The third-order valence-corrected chi connectivity index (χ3v) is 6.04. The number of piperidine rings is 1. The normalized spacial score (nSPS) is 20.0. The summed E-state index contributed by atoms with van der Waals surface area (Å²) in [6.07, 6.45) is 7.51. The summed E-state index contributed by atoms with van der Waals surface area (Å²) in [5.74, 6) is 0.792. The molecule has 0 bridgehead atoms. The lowest BCUT2D eigenvalue weighted by Gasteiger charge is -2.31. The van der Waals surface area contributed by atoms with Gasteiger partial charge in [0.05, 0.1) is 0 Å². The SMILES string of the molecule is O=C(NCCN1CCC(C(=O)c2ccc(Cl)cc2)CC1)C1CCCCC1. The number of rotatable bonds is 6. The average molecular weight is 377 g/mol. The molecule has 0 atom stereocenters. The van der Waals surface area contributed by atoms with Gasteiger partial charge < -0.3 is 10.2 Å². The number of hydrogen-bond acceptors (Lipinski definition) is 3. The van der Waals surface area contributed by atoms with Gasteiger partial charge in [0.1, 0.15) is 0 Å². The molecule has 1 N–H and O–H groups in total. The first-order valence-corrected chi connectivity index (χ1v) is 10.3. The average Bonchev–Trinajstić information content (AvgIpc) is 2.69. The van der Waals surface area contributed by atoms with Crippen LogP contribution >= 0.6 is 11.6 Å². The number of nitrogens with one attached hydrogen (secondary N) is 1. The smallest absolute Gasteiger partial charge is 0.223 e. The molecule has 3 rings (SSSR count). The summed E-state index contributed by atoms with van der Waals surface area (Å²) >= 11 is 5.89. The first-order valence-electron chi connectivity index (χ1n) is 9.93. The van der Waals surface area contributed by atoms with Crippen LogP contribution in [0, 0.1) is 11.8 Å². The summed E-state index contributed by atoms with van der Waals surface area (Å²) < 4.78 is 0.